The molecular weight excluding hydrogens is 270 g/mol. The van der Waals surface area contributed by atoms with Gasteiger partial charge in [-0.2, -0.15) is 0 Å². The van der Waals surface area contributed by atoms with Gasteiger partial charge in [0.05, 0.1) is 12.5 Å². The third kappa shape index (κ3) is 4.03. The van der Waals surface area contributed by atoms with Gasteiger partial charge >= 0.3 is 5.97 Å². The Morgan fingerprint density at radius 3 is 2.68 bits per heavy atom. The van der Waals surface area contributed by atoms with E-state index in [0.717, 1.165) is 0 Å². The number of imidazole rings is 1. The third-order valence-corrected chi connectivity index (χ3v) is 3.92. The van der Waals surface area contributed by atoms with Gasteiger partial charge in [0, 0.05) is 19.8 Å². The minimum atomic E-state index is -3.70. The van der Waals surface area contributed by atoms with Crippen LogP contribution in [0.3, 0.4) is 0 Å². The van der Waals surface area contributed by atoms with Crippen LogP contribution in [-0.4, -0.2) is 37.1 Å². The minimum absolute atomic E-state index is 0.0171. The van der Waals surface area contributed by atoms with E-state index in [1.54, 1.807) is 32.4 Å². The maximum absolute atomic E-state index is 11.9. The molecule has 1 aromatic heterocycles. The second-order valence-electron chi connectivity index (χ2n) is 4.24. The molecule has 1 aromatic rings. The van der Waals surface area contributed by atoms with Gasteiger partial charge in [-0.05, 0) is 13.8 Å². The second-order valence-corrected chi connectivity index (χ2v) is 5.96. The smallest absolute Gasteiger partial charge is 0.309 e. The SMILES string of the molecule is CCOC(=O)C(C)CNS(=O)(=O)c1cn(C)c(C)n1. The van der Waals surface area contributed by atoms with E-state index >= 15 is 0 Å². The Kier molecular flexibility index (Phi) is 5.07. The summed E-state index contributed by atoms with van der Waals surface area (Å²) in [5.74, 6) is -0.374. The van der Waals surface area contributed by atoms with Crippen LogP contribution in [0.25, 0.3) is 0 Å². The van der Waals surface area contributed by atoms with Crippen LogP contribution in [0, 0.1) is 12.8 Å². The molecule has 8 heteroatoms. The van der Waals surface area contributed by atoms with Crippen LogP contribution in [-0.2, 0) is 26.6 Å². The molecule has 0 aliphatic rings. The van der Waals surface area contributed by atoms with E-state index in [9.17, 15) is 13.2 Å². The molecule has 108 valence electrons. The van der Waals surface area contributed by atoms with Crippen LogP contribution < -0.4 is 4.72 Å². The molecule has 1 heterocycles. The Morgan fingerprint density at radius 2 is 2.21 bits per heavy atom. The van der Waals surface area contributed by atoms with Crippen LogP contribution in [0.4, 0.5) is 0 Å². The fourth-order valence-corrected chi connectivity index (χ4v) is 2.50. The molecular formula is C11H19N3O4S. The quantitative estimate of drug-likeness (QED) is 0.756. The van der Waals surface area contributed by atoms with Crippen molar-refractivity contribution in [2.75, 3.05) is 13.2 Å². The summed E-state index contributed by atoms with van der Waals surface area (Å²) in [4.78, 5) is 15.3. The highest BCUT2D eigenvalue weighted by Crippen LogP contribution is 2.08. The van der Waals surface area contributed by atoms with Gasteiger partial charge in [-0.25, -0.2) is 18.1 Å². The normalized spacial score (nSPS) is 13.3. The number of nitrogens with one attached hydrogen (secondary N) is 1. The molecule has 1 atom stereocenters. The average molecular weight is 289 g/mol. The highest BCUT2D eigenvalue weighted by Gasteiger charge is 2.21. The summed E-state index contributed by atoms with van der Waals surface area (Å²) >= 11 is 0. The number of ether oxygens (including phenoxy) is 1. The molecule has 1 N–H and O–H groups in total. The first-order valence-corrected chi connectivity index (χ1v) is 7.42. The first-order valence-electron chi connectivity index (χ1n) is 5.94. The lowest BCUT2D eigenvalue weighted by Crippen LogP contribution is -2.32. The van der Waals surface area contributed by atoms with Crippen molar-refractivity contribution in [1.82, 2.24) is 14.3 Å². The molecule has 0 amide bonds. The Labute approximate surface area is 113 Å². The highest BCUT2D eigenvalue weighted by atomic mass is 32.2. The van der Waals surface area contributed by atoms with E-state index in [0.29, 0.717) is 5.82 Å². The highest BCUT2D eigenvalue weighted by molar-refractivity contribution is 7.89. The molecule has 7 nitrogen and oxygen atoms in total. The molecule has 19 heavy (non-hydrogen) atoms. The van der Waals surface area contributed by atoms with Crippen molar-refractivity contribution in [2.24, 2.45) is 13.0 Å². The fraction of sp³-hybridized carbons (Fsp3) is 0.636. The van der Waals surface area contributed by atoms with Gasteiger partial charge in [0.25, 0.3) is 10.0 Å². The van der Waals surface area contributed by atoms with Crippen molar-refractivity contribution in [3.63, 3.8) is 0 Å². The number of hydrogen-bond donors (Lipinski definition) is 1. The monoisotopic (exact) mass is 289 g/mol. The number of carbonyl (C=O) groups is 1. The van der Waals surface area contributed by atoms with Crippen molar-refractivity contribution in [3.05, 3.63) is 12.0 Å². The molecule has 0 aliphatic carbocycles. The summed E-state index contributed by atoms with van der Waals surface area (Å²) < 4.78 is 32.7. The Bertz CT molecular complexity index is 531. The standard InChI is InChI=1S/C11H19N3O4S/c1-5-18-11(15)8(2)6-12-19(16,17)10-7-14(4)9(3)13-10/h7-8,12H,5-6H2,1-4H3. The second kappa shape index (κ2) is 6.16. The molecule has 0 saturated carbocycles. The van der Waals surface area contributed by atoms with Crippen molar-refractivity contribution >= 4 is 16.0 Å². The van der Waals surface area contributed by atoms with Gasteiger partial charge < -0.3 is 9.30 Å². The molecule has 0 saturated heterocycles. The van der Waals surface area contributed by atoms with Gasteiger partial charge in [-0.1, -0.05) is 6.92 Å². The summed E-state index contributed by atoms with van der Waals surface area (Å²) in [5, 5.41) is -0.0523. The van der Waals surface area contributed by atoms with Crippen molar-refractivity contribution in [1.29, 1.82) is 0 Å². The lowest BCUT2D eigenvalue weighted by atomic mass is 10.2. The van der Waals surface area contributed by atoms with Crippen molar-refractivity contribution < 1.29 is 17.9 Å². The molecule has 0 spiro atoms. The minimum Gasteiger partial charge on any atom is -0.466 e. The molecule has 0 fully saturated rings. The summed E-state index contributed by atoms with van der Waals surface area (Å²) in [7, 11) is -1.98. The number of nitrogens with zero attached hydrogens (tertiary/aromatic N) is 2. The number of esters is 1. The third-order valence-electron chi connectivity index (χ3n) is 2.63. The van der Waals surface area contributed by atoms with Gasteiger partial charge in [0.2, 0.25) is 0 Å². The first kappa shape index (κ1) is 15.6. The maximum atomic E-state index is 11.9. The van der Waals surface area contributed by atoms with E-state index < -0.39 is 21.9 Å². The van der Waals surface area contributed by atoms with E-state index in [1.165, 1.54) is 6.20 Å². The molecule has 0 bridgehead atoms. The zero-order valence-corrected chi connectivity index (χ0v) is 12.3. The predicted octanol–water partition coefficient (Wildman–Crippen LogP) is 0.206. The van der Waals surface area contributed by atoms with Gasteiger partial charge in [0.15, 0.2) is 5.03 Å². The average Bonchev–Trinajstić information content (AvgIpc) is 2.68. The zero-order valence-electron chi connectivity index (χ0n) is 11.5. The first-order chi connectivity index (χ1) is 8.77. The van der Waals surface area contributed by atoms with Gasteiger partial charge in [-0.15, -0.1) is 0 Å². The van der Waals surface area contributed by atoms with Crippen LogP contribution in [0.1, 0.15) is 19.7 Å². The van der Waals surface area contributed by atoms with E-state index in [4.69, 9.17) is 4.74 Å². The summed E-state index contributed by atoms with van der Waals surface area (Å²) in [5.41, 5.74) is 0. The maximum Gasteiger partial charge on any atom is 0.309 e. The number of rotatable bonds is 6. The number of carbonyl (C=O) groups excluding carboxylic acids is 1. The van der Waals surface area contributed by atoms with Crippen LogP contribution in [0.5, 0.6) is 0 Å². The van der Waals surface area contributed by atoms with Crippen molar-refractivity contribution in [2.45, 2.75) is 25.8 Å². The molecule has 0 aromatic carbocycles. The Morgan fingerprint density at radius 1 is 1.58 bits per heavy atom. The van der Waals surface area contributed by atoms with E-state index in [-0.39, 0.29) is 18.2 Å². The topological polar surface area (TPSA) is 90.3 Å². The van der Waals surface area contributed by atoms with E-state index in [1.807, 2.05) is 0 Å². The summed E-state index contributed by atoms with van der Waals surface area (Å²) in [6, 6.07) is 0. The number of aromatic nitrogens is 2. The van der Waals surface area contributed by atoms with Gasteiger partial charge in [-0.3, -0.25) is 4.79 Å². The van der Waals surface area contributed by atoms with E-state index in [2.05, 4.69) is 9.71 Å². The lowest BCUT2D eigenvalue weighted by molar-refractivity contribution is -0.147. The molecule has 0 aliphatic heterocycles. The van der Waals surface area contributed by atoms with Crippen molar-refractivity contribution in [3.8, 4) is 0 Å². The largest absolute Gasteiger partial charge is 0.466 e. The summed E-state index contributed by atoms with van der Waals surface area (Å²) in [6.07, 6.45) is 1.42. The number of sulfonamides is 1. The Hall–Kier alpha value is -1.41. The predicted molar refractivity (Wildman–Crippen MR) is 68.9 cm³/mol. The molecule has 1 rings (SSSR count). The number of hydrogen-bond acceptors (Lipinski definition) is 5. The molecule has 0 radical (unpaired) electrons. The fourth-order valence-electron chi connectivity index (χ4n) is 1.33. The van der Waals surface area contributed by atoms with Gasteiger partial charge in [0.1, 0.15) is 5.82 Å². The zero-order chi connectivity index (χ0) is 14.6. The van der Waals surface area contributed by atoms with Crippen LogP contribution in [0.2, 0.25) is 0 Å². The molecule has 1 unspecified atom stereocenters. The number of aryl methyl sites for hydroxylation is 2. The van der Waals surface area contributed by atoms with Crippen LogP contribution >= 0.6 is 0 Å². The Balaban J connectivity index is 2.68. The lowest BCUT2D eigenvalue weighted by Gasteiger charge is -2.10. The van der Waals surface area contributed by atoms with Crippen LogP contribution in [0.15, 0.2) is 11.2 Å². The summed E-state index contributed by atoms with van der Waals surface area (Å²) in [6.45, 7) is 5.27.